The summed E-state index contributed by atoms with van der Waals surface area (Å²) in [6.45, 7) is 0.879. The van der Waals surface area contributed by atoms with E-state index in [2.05, 4.69) is 10.7 Å². The first-order valence-corrected chi connectivity index (χ1v) is 9.10. The minimum atomic E-state index is -0.118. The van der Waals surface area contributed by atoms with Gasteiger partial charge in [-0.15, -0.1) is 11.3 Å². The fourth-order valence-corrected chi connectivity index (χ4v) is 4.03. The van der Waals surface area contributed by atoms with E-state index in [0.717, 1.165) is 29.1 Å². The highest BCUT2D eigenvalue weighted by atomic mass is 32.1. The molecule has 24 heavy (non-hydrogen) atoms. The summed E-state index contributed by atoms with van der Waals surface area (Å²) < 4.78 is 10.6. The first kappa shape index (κ1) is 17.2. The van der Waals surface area contributed by atoms with Crippen molar-refractivity contribution < 1.29 is 14.6 Å². The van der Waals surface area contributed by atoms with Gasteiger partial charge in [0.1, 0.15) is 5.01 Å². The van der Waals surface area contributed by atoms with E-state index in [4.69, 9.17) is 14.5 Å². The lowest BCUT2D eigenvalue weighted by Crippen LogP contribution is -2.45. The van der Waals surface area contributed by atoms with Gasteiger partial charge in [0.15, 0.2) is 11.5 Å². The molecule has 1 saturated carbocycles. The van der Waals surface area contributed by atoms with Crippen LogP contribution in [0.4, 0.5) is 0 Å². The Morgan fingerprint density at radius 2 is 1.96 bits per heavy atom. The molecular weight excluding hydrogens is 324 g/mol. The number of thiazole rings is 1. The first-order valence-electron chi connectivity index (χ1n) is 8.22. The molecule has 0 bridgehead atoms. The lowest BCUT2D eigenvalue weighted by molar-refractivity contribution is 0.162. The molecule has 0 unspecified atom stereocenters. The minimum absolute atomic E-state index is 0.118. The highest BCUT2D eigenvalue weighted by Crippen LogP contribution is 2.34. The molecule has 6 heteroatoms. The van der Waals surface area contributed by atoms with Crippen molar-refractivity contribution in [3.8, 4) is 22.1 Å². The smallest absolute Gasteiger partial charge is 0.161 e. The van der Waals surface area contributed by atoms with Crippen molar-refractivity contribution in [2.75, 3.05) is 20.8 Å². The van der Waals surface area contributed by atoms with Gasteiger partial charge in [0.25, 0.3) is 0 Å². The van der Waals surface area contributed by atoms with E-state index in [9.17, 15) is 5.11 Å². The van der Waals surface area contributed by atoms with E-state index in [1.54, 1.807) is 25.6 Å². The molecule has 1 aromatic carbocycles. The summed E-state index contributed by atoms with van der Waals surface area (Å²) in [6, 6.07) is 5.83. The van der Waals surface area contributed by atoms with E-state index in [0.29, 0.717) is 18.0 Å². The van der Waals surface area contributed by atoms with Gasteiger partial charge in [-0.2, -0.15) is 0 Å². The number of hydrogen-bond donors (Lipinski definition) is 2. The summed E-state index contributed by atoms with van der Waals surface area (Å²) in [5.41, 5.74) is 1.90. The Bertz CT molecular complexity index is 681. The molecule has 0 atom stereocenters. The summed E-state index contributed by atoms with van der Waals surface area (Å²) >= 11 is 1.61. The van der Waals surface area contributed by atoms with Crippen LogP contribution in [0.1, 0.15) is 31.4 Å². The van der Waals surface area contributed by atoms with Gasteiger partial charge in [0, 0.05) is 23.0 Å². The number of nitrogens with one attached hydrogen (secondary N) is 1. The lowest BCUT2D eigenvalue weighted by atomic mass is 9.99. The Morgan fingerprint density at radius 1 is 1.21 bits per heavy atom. The molecule has 1 heterocycles. The number of aromatic nitrogens is 1. The quantitative estimate of drug-likeness (QED) is 0.804. The molecule has 3 rings (SSSR count). The number of benzene rings is 1. The standard InChI is InChI=1S/C18H24N2O3S/c1-22-15-6-5-13(9-16(15)23-2)17-20-14(11-24-17)10-19-18(12-21)7-3-4-8-18/h5-6,9,11,19,21H,3-4,7-8,10,12H2,1-2H3. The van der Waals surface area contributed by atoms with E-state index in [1.165, 1.54) is 12.8 Å². The van der Waals surface area contributed by atoms with Crippen molar-refractivity contribution in [2.24, 2.45) is 0 Å². The fraction of sp³-hybridized carbons (Fsp3) is 0.500. The van der Waals surface area contributed by atoms with Gasteiger partial charge in [-0.25, -0.2) is 4.98 Å². The number of aliphatic hydroxyl groups is 1. The molecular formula is C18H24N2O3S. The minimum Gasteiger partial charge on any atom is -0.493 e. The Balaban J connectivity index is 1.71. The predicted molar refractivity (Wildman–Crippen MR) is 95.8 cm³/mol. The summed E-state index contributed by atoms with van der Waals surface area (Å²) in [5, 5.41) is 16.2. The second-order valence-electron chi connectivity index (χ2n) is 6.21. The molecule has 1 aliphatic carbocycles. The Hall–Kier alpha value is -1.63. The van der Waals surface area contributed by atoms with Gasteiger partial charge in [-0.3, -0.25) is 0 Å². The van der Waals surface area contributed by atoms with Gasteiger partial charge in [0.05, 0.1) is 26.5 Å². The molecule has 2 N–H and O–H groups in total. The zero-order chi connectivity index (χ0) is 17.0. The highest BCUT2D eigenvalue weighted by molar-refractivity contribution is 7.13. The number of rotatable bonds is 7. The average Bonchev–Trinajstić information content (AvgIpc) is 3.29. The molecule has 0 saturated heterocycles. The van der Waals surface area contributed by atoms with Crippen molar-refractivity contribution >= 4 is 11.3 Å². The maximum atomic E-state index is 9.68. The SMILES string of the molecule is COc1ccc(-c2nc(CNC3(CO)CCCC3)cs2)cc1OC. The third-order valence-electron chi connectivity index (χ3n) is 4.69. The van der Waals surface area contributed by atoms with E-state index < -0.39 is 0 Å². The van der Waals surface area contributed by atoms with Gasteiger partial charge in [-0.05, 0) is 31.0 Å². The maximum Gasteiger partial charge on any atom is 0.161 e. The third-order valence-corrected chi connectivity index (χ3v) is 5.63. The zero-order valence-electron chi connectivity index (χ0n) is 14.2. The van der Waals surface area contributed by atoms with Crippen LogP contribution in [0.3, 0.4) is 0 Å². The molecule has 130 valence electrons. The van der Waals surface area contributed by atoms with Crippen LogP contribution in [-0.4, -0.2) is 36.5 Å². The Morgan fingerprint density at radius 3 is 2.62 bits per heavy atom. The third kappa shape index (κ3) is 3.55. The predicted octanol–water partition coefficient (Wildman–Crippen LogP) is 3.22. The van der Waals surface area contributed by atoms with Crippen molar-refractivity contribution in [1.82, 2.24) is 10.3 Å². The molecule has 1 aromatic heterocycles. The number of hydrogen-bond acceptors (Lipinski definition) is 6. The average molecular weight is 348 g/mol. The first-order chi connectivity index (χ1) is 11.7. The van der Waals surface area contributed by atoms with E-state index in [-0.39, 0.29) is 12.1 Å². The molecule has 0 amide bonds. The summed E-state index contributed by atoms with van der Waals surface area (Å²) in [5.74, 6) is 1.42. The molecule has 0 radical (unpaired) electrons. The molecule has 0 spiro atoms. The van der Waals surface area contributed by atoms with Crippen LogP contribution in [0.25, 0.3) is 10.6 Å². The number of aliphatic hydroxyl groups excluding tert-OH is 1. The van der Waals surface area contributed by atoms with Crippen LogP contribution >= 0.6 is 11.3 Å². The van der Waals surface area contributed by atoms with Crippen molar-refractivity contribution in [1.29, 1.82) is 0 Å². The largest absolute Gasteiger partial charge is 0.493 e. The number of nitrogens with zero attached hydrogens (tertiary/aromatic N) is 1. The maximum absolute atomic E-state index is 9.68. The number of methoxy groups -OCH3 is 2. The van der Waals surface area contributed by atoms with E-state index >= 15 is 0 Å². The van der Waals surface area contributed by atoms with Crippen LogP contribution in [0.2, 0.25) is 0 Å². The highest BCUT2D eigenvalue weighted by Gasteiger charge is 2.32. The van der Waals surface area contributed by atoms with Crippen LogP contribution in [0, 0.1) is 0 Å². The molecule has 1 fully saturated rings. The number of ether oxygens (including phenoxy) is 2. The van der Waals surface area contributed by atoms with Gasteiger partial charge in [0.2, 0.25) is 0 Å². The molecule has 0 aliphatic heterocycles. The Labute approximate surface area is 146 Å². The summed E-state index contributed by atoms with van der Waals surface area (Å²) in [6.07, 6.45) is 4.44. The molecule has 2 aromatic rings. The van der Waals surface area contributed by atoms with Crippen molar-refractivity contribution in [3.63, 3.8) is 0 Å². The molecule has 1 aliphatic rings. The summed E-state index contributed by atoms with van der Waals surface area (Å²) in [7, 11) is 3.26. The second kappa shape index (κ2) is 7.51. The van der Waals surface area contributed by atoms with Gasteiger partial charge in [-0.1, -0.05) is 12.8 Å². The monoisotopic (exact) mass is 348 g/mol. The topological polar surface area (TPSA) is 63.6 Å². The van der Waals surface area contributed by atoms with Crippen LogP contribution < -0.4 is 14.8 Å². The lowest BCUT2D eigenvalue weighted by Gasteiger charge is -2.27. The van der Waals surface area contributed by atoms with E-state index in [1.807, 2.05) is 18.2 Å². The summed E-state index contributed by atoms with van der Waals surface area (Å²) in [4.78, 5) is 4.72. The Kier molecular flexibility index (Phi) is 5.38. The van der Waals surface area contributed by atoms with Crippen molar-refractivity contribution in [3.05, 3.63) is 29.3 Å². The van der Waals surface area contributed by atoms with Crippen LogP contribution in [0.15, 0.2) is 23.6 Å². The fourth-order valence-electron chi connectivity index (χ4n) is 3.21. The van der Waals surface area contributed by atoms with Crippen molar-refractivity contribution in [2.45, 2.75) is 37.8 Å². The van der Waals surface area contributed by atoms with Gasteiger partial charge < -0.3 is 19.9 Å². The van der Waals surface area contributed by atoms with Crippen LogP contribution in [-0.2, 0) is 6.54 Å². The molecule has 5 nitrogen and oxygen atoms in total. The van der Waals surface area contributed by atoms with Crippen LogP contribution in [0.5, 0.6) is 11.5 Å². The van der Waals surface area contributed by atoms with Gasteiger partial charge >= 0.3 is 0 Å². The normalized spacial score (nSPS) is 16.3. The zero-order valence-corrected chi connectivity index (χ0v) is 15.0. The second-order valence-corrected chi connectivity index (χ2v) is 7.07.